The highest BCUT2D eigenvalue weighted by molar-refractivity contribution is 6.00. The molecule has 6 heteroatoms. The van der Waals surface area contributed by atoms with Crippen molar-refractivity contribution in [1.82, 2.24) is 10.3 Å². The highest BCUT2D eigenvalue weighted by Gasteiger charge is 2.18. The second kappa shape index (κ2) is 5.56. The molecule has 0 saturated heterocycles. The fraction of sp³-hybridized carbons (Fsp3) is 0.214. The molecule has 0 aliphatic rings. The number of nitrogens with zero attached hydrogens (tertiary/aromatic N) is 1. The average Bonchev–Trinajstić information content (AvgIpc) is 2.46. The summed E-state index contributed by atoms with van der Waals surface area (Å²) in [7, 11) is 1.26. The topological polar surface area (TPSA) is 94.3 Å². The van der Waals surface area contributed by atoms with Gasteiger partial charge in [-0.15, -0.1) is 0 Å². The van der Waals surface area contributed by atoms with E-state index in [1.807, 2.05) is 18.2 Å². The van der Waals surface area contributed by atoms with Crippen LogP contribution in [0, 0.1) is 0 Å². The van der Waals surface area contributed by atoms with E-state index >= 15 is 0 Å². The monoisotopic (exact) mass is 273 g/mol. The van der Waals surface area contributed by atoms with Crippen LogP contribution in [-0.4, -0.2) is 30.0 Å². The van der Waals surface area contributed by atoms with Gasteiger partial charge in [-0.2, -0.15) is 0 Å². The van der Waals surface area contributed by atoms with Gasteiger partial charge in [0.05, 0.1) is 12.6 Å². The summed E-state index contributed by atoms with van der Waals surface area (Å²) in [5, 5.41) is 3.29. The molecule has 0 radical (unpaired) electrons. The zero-order valence-corrected chi connectivity index (χ0v) is 11.2. The molecule has 0 unspecified atom stereocenters. The van der Waals surface area contributed by atoms with Gasteiger partial charge in [0, 0.05) is 11.1 Å². The number of nitrogens with two attached hydrogens (primary N) is 1. The molecule has 0 saturated carbocycles. The lowest BCUT2D eigenvalue weighted by Gasteiger charge is -2.12. The zero-order chi connectivity index (χ0) is 14.7. The number of pyridine rings is 1. The number of para-hydroxylation sites is 1. The van der Waals surface area contributed by atoms with Crippen molar-refractivity contribution in [1.29, 1.82) is 0 Å². The Kier molecular flexibility index (Phi) is 3.84. The molecule has 0 spiro atoms. The molecule has 1 heterocycles. The fourth-order valence-electron chi connectivity index (χ4n) is 1.82. The van der Waals surface area contributed by atoms with Crippen molar-refractivity contribution in [2.24, 2.45) is 0 Å². The summed E-state index contributed by atoms with van der Waals surface area (Å²) in [5.41, 5.74) is 7.16. The molecular formula is C14H15N3O3. The van der Waals surface area contributed by atoms with Gasteiger partial charge in [0.2, 0.25) is 0 Å². The van der Waals surface area contributed by atoms with Crippen molar-refractivity contribution in [2.75, 3.05) is 12.8 Å². The second-order valence-corrected chi connectivity index (χ2v) is 4.33. The number of esters is 1. The maximum absolute atomic E-state index is 12.0. The molecule has 0 fully saturated rings. The molecule has 20 heavy (non-hydrogen) atoms. The number of rotatable bonds is 3. The second-order valence-electron chi connectivity index (χ2n) is 4.33. The van der Waals surface area contributed by atoms with Crippen LogP contribution in [0.4, 0.5) is 5.69 Å². The molecule has 1 aromatic heterocycles. The van der Waals surface area contributed by atoms with E-state index in [9.17, 15) is 9.59 Å². The Morgan fingerprint density at radius 3 is 2.75 bits per heavy atom. The van der Waals surface area contributed by atoms with Gasteiger partial charge in [-0.25, -0.2) is 9.78 Å². The Balaban J connectivity index is 2.29. The van der Waals surface area contributed by atoms with Crippen LogP contribution in [0.15, 0.2) is 30.3 Å². The lowest BCUT2D eigenvalue weighted by atomic mass is 10.1. The standard InChI is InChI=1S/C14H15N3O3/c1-8(14(19)20-2)16-13(18)12-7-10(15)9-5-3-4-6-11(9)17-12/h3-8H,1-2H3,(H2,15,17)(H,16,18)/t8-/m0/s1. The van der Waals surface area contributed by atoms with Gasteiger partial charge in [-0.05, 0) is 19.1 Å². The first-order valence-corrected chi connectivity index (χ1v) is 6.07. The van der Waals surface area contributed by atoms with Crippen LogP contribution in [0.2, 0.25) is 0 Å². The molecule has 1 aromatic carbocycles. The molecule has 6 nitrogen and oxygen atoms in total. The van der Waals surface area contributed by atoms with E-state index in [4.69, 9.17) is 5.73 Å². The SMILES string of the molecule is COC(=O)[C@H](C)NC(=O)c1cc(N)c2ccccc2n1. The van der Waals surface area contributed by atoms with Crippen LogP contribution in [0.3, 0.4) is 0 Å². The van der Waals surface area contributed by atoms with Crippen LogP contribution in [0.1, 0.15) is 17.4 Å². The fourth-order valence-corrected chi connectivity index (χ4v) is 1.82. The quantitative estimate of drug-likeness (QED) is 0.817. The lowest BCUT2D eigenvalue weighted by Crippen LogP contribution is -2.39. The first-order valence-electron chi connectivity index (χ1n) is 6.07. The predicted octanol–water partition coefficient (Wildman–Crippen LogP) is 1.11. The first kappa shape index (κ1) is 13.8. The van der Waals surface area contributed by atoms with E-state index in [0.717, 1.165) is 5.39 Å². The molecule has 0 bridgehead atoms. The van der Waals surface area contributed by atoms with Gasteiger partial charge in [0.15, 0.2) is 0 Å². The van der Waals surface area contributed by atoms with Gasteiger partial charge in [0.25, 0.3) is 5.91 Å². The summed E-state index contributed by atoms with van der Waals surface area (Å²) in [4.78, 5) is 27.5. The third-order valence-electron chi connectivity index (χ3n) is 2.88. The normalized spacial score (nSPS) is 11.9. The van der Waals surface area contributed by atoms with E-state index in [2.05, 4.69) is 15.0 Å². The molecular weight excluding hydrogens is 258 g/mol. The summed E-state index contributed by atoms with van der Waals surface area (Å²) < 4.78 is 4.54. The van der Waals surface area contributed by atoms with Gasteiger partial charge < -0.3 is 15.8 Å². The highest BCUT2D eigenvalue weighted by atomic mass is 16.5. The van der Waals surface area contributed by atoms with E-state index < -0.39 is 17.9 Å². The third kappa shape index (κ3) is 2.69. The van der Waals surface area contributed by atoms with Crippen molar-refractivity contribution in [3.05, 3.63) is 36.0 Å². The highest BCUT2D eigenvalue weighted by Crippen LogP contribution is 2.19. The van der Waals surface area contributed by atoms with Crippen LogP contribution < -0.4 is 11.1 Å². The van der Waals surface area contributed by atoms with E-state index in [-0.39, 0.29) is 5.69 Å². The number of aromatic nitrogens is 1. The number of nitrogen functional groups attached to an aromatic ring is 1. The van der Waals surface area contributed by atoms with Gasteiger partial charge >= 0.3 is 5.97 Å². The minimum Gasteiger partial charge on any atom is -0.467 e. The number of nitrogens with one attached hydrogen (secondary N) is 1. The Bertz CT molecular complexity index is 670. The average molecular weight is 273 g/mol. The third-order valence-corrected chi connectivity index (χ3v) is 2.88. The Labute approximate surface area is 115 Å². The van der Waals surface area contributed by atoms with Crippen molar-refractivity contribution >= 4 is 28.5 Å². The molecule has 2 rings (SSSR count). The number of methoxy groups -OCH3 is 1. The van der Waals surface area contributed by atoms with E-state index in [1.165, 1.54) is 20.1 Å². The number of anilines is 1. The van der Waals surface area contributed by atoms with Crippen molar-refractivity contribution < 1.29 is 14.3 Å². The smallest absolute Gasteiger partial charge is 0.328 e. The van der Waals surface area contributed by atoms with Gasteiger partial charge in [-0.1, -0.05) is 18.2 Å². The lowest BCUT2D eigenvalue weighted by molar-refractivity contribution is -0.142. The minimum absolute atomic E-state index is 0.164. The molecule has 3 N–H and O–H groups in total. The summed E-state index contributed by atoms with van der Waals surface area (Å²) in [6.07, 6.45) is 0. The van der Waals surface area contributed by atoms with Crippen molar-refractivity contribution in [2.45, 2.75) is 13.0 Å². The molecule has 0 aliphatic carbocycles. The predicted molar refractivity (Wildman–Crippen MR) is 75.1 cm³/mol. The van der Waals surface area contributed by atoms with Crippen LogP contribution >= 0.6 is 0 Å². The van der Waals surface area contributed by atoms with Crippen LogP contribution in [0.5, 0.6) is 0 Å². The first-order chi connectivity index (χ1) is 9.52. The molecule has 1 atom stereocenters. The number of benzene rings is 1. The Hall–Kier alpha value is -2.63. The number of fused-ring (bicyclic) bond motifs is 1. The molecule has 0 aliphatic heterocycles. The largest absolute Gasteiger partial charge is 0.467 e. The molecule has 2 aromatic rings. The van der Waals surface area contributed by atoms with Crippen LogP contribution in [-0.2, 0) is 9.53 Å². The summed E-state index contributed by atoms with van der Waals surface area (Å²) in [6, 6.07) is 8.00. The van der Waals surface area contributed by atoms with Crippen molar-refractivity contribution in [3.8, 4) is 0 Å². The summed E-state index contributed by atoms with van der Waals surface area (Å²) in [5.74, 6) is -0.993. The van der Waals surface area contributed by atoms with Crippen LogP contribution in [0.25, 0.3) is 10.9 Å². The van der Waals surface area contributed by atoms with Gasteiger partial charge in [0.1, 0.15) is 11.7 Å². The summed E-state index contributed by atoms with van der Waals surface area (Å²) >= 11 is 0. The minimum atomic E-state index is -0.748. The zero-order valence-electron chi connectivity index (χ0n) is 11.2. The molecule has 1 amide bonds. The maximum Gasteiger partial charge on any atom is 0.328 e. The van der Waals surface area contributed by atoms with Crippen molar-refractivity contribution in [3.63, 3.8) is 0 Å². The number of carbonyl (C=O) groups is 2. The Morgan fingerprint density at radius 2 is 2.05 bits per heavy atom. The molecule has 104 valence electrons. The van der Waals surface area contributed by atoms with E-state index in [1.54, 1.807) is 6.07 Å². The number of carbonyl (C=O) groups excluding carboxylic acids is 2. The number of hydrogen-bond donors (Lipinski definition) is 2. The van der Waals surface area contributed by atoms with Gasteiger partial charge in [-0.3, -0.25) is 4.79 Å². The Morgan fingerprint density at radius 1 is 1.35 bits per heavy atom. The van der Waals surface area contributed by atoms with E-state index in [0.29, 0.717) is 11.2 Å². The summed E-state index contributed by atoms with van der Waals surface area (Å²) in [6.45, 7) is 1.54. The number of ether oxygens (including phenoxy) is 1. The number of hydrogen-bond acceptors (Lipinski definition) is 5. The maximum atomic E-state index is 12.0. The number of amides is 1.